The van der Waals surface area contributed by atoms with Crippen LogP contribution in [0.3, 0.4) is 0 Å². The molecule has 1 amide bonds. The highest BCUT2D eigenvalue weighted by molar-refractivity contribution is 6.30. The van der Waals surface area contributed by atoms with Gasteiger partial charge in [0.2, 0.25) is 0 Å². The molecule has 0 aliphatic rings. The van der Waals surface area contributed by atoms with Crippen LogP contribution >= 0.6 is 11.6 Å². The summed E-state index contributed by atoms with van der Waals surface area (Å²) in [6.45, 7) is 5.18. The van der Waals surface area contributed by atoms with Crippen molar-refractivity contribution in [3.8, 4) is 0 Å². The number of carbonyl (C=O) groups excluding carboxylic acids is 1. The minimum atomic E-state index is -0.190. The maximum absolute atomic E-state index is 12.7. The van der Waals surface area contributed by atoms with Crippen molar-refractivity contribution < 1.29 is 4.79 Å². The Morgan fingerprint density at radius 1 is 0.968 bits per heavy atom. The van der Waals surface area contributed by atoms with E-state index in [1.165, 1.54) is 44.9 Å². The van der Waals surface area contributed by atoms with Crippen molar-refractivity contribution in [1.29, 1.82) is 0 Å². The first-order valence-corrected chi connectivity index (χ1v) is 12.0. The van der Waals surface area contributed by atoms with Crippen molar-refractivity contribution in [2.75, 3.05) is 0 Å². The number of imidazole rings is 1. The zero-order valence-electron chi connectivity index (χ0n) is 18.7. The van der Waals surface area contributed by atoms with Crippen LogP contribution in [0, 0.1) is 0 Å². The number of aryl methyl sites for hydroxylation is 1. The van der Waals surface area contributed by atoms with Gasteiger partial charge in [-0.05, 0) is 49.7 Å². The number of hydrogen-bond acceptors (Lipinski definition) is 2. The summed E-state index contributed by atoms with van der Waals surface area (Å²) in [5.74, 6) is 0.793. The molecular formula is C26H34ClN3O. The summed E-state index contributed by atoms with van der Waals surface area (Å²) >= 11 is 5.94. The minimum absolute atomic E-state index is 0.116. The first-order valence-electron chi connectivity index (χ1n) is 11.6. The molecular weight excluding hydrogens is 406 g/mol. The second-order valence-corrected chi connectivity index (χ2v) is 8.72. The topological polar surface area (TPSA) is 46.9 Å². The third-order valence-corrected chi connectivity index (χ3v) is 6.01. The Hall–Kier alpha value is -2.33. The second-order valence-electron chi connectivity index (χ2n) is 8.29. The van der Waals surface area contributed by atoms with E-state index in [1.54, 1.807) is 24.3 Å². The van der Waals surface area contributed by atoms with Crippen LogP contribution in [0.5, 0.6) is 0 Å². The molecule has 0 saturated heterocycles. The number of amides is 1. The molecule has 166 valence electrons. The van der Waals surface area contributed by atoms with Crippen LogP contribution in [-0.4, -0.2) is 15.5 Å². The fraction of sp³-hybridized carbons (Fsp3) is 0.462. The number of benzene rings is 2. The highest BCUT2D eigenvalue weighted by Crippen LogP contribution is 2.22. The molecule has 3 aromatic rings. The Labute approximate surface area is 191 Å². The number of halogens is 1. The van der Waals surface area contributed by atoms with Crippen molar-refractivity contribution in [3.05, 3.63) is 64.9 Å². The van der Waals surface area contributed by atoms with Gasteiger partial charge >= 0.3 is 0 Å². The van der Waals surface area contributed by atoms with Gasteiger partial charge in [-0.15, -0.1) is 0 Å². The molecule has 0 saturated carbocycles. The zero-order valence-corrected chi connectivity index (χ0v) is 19.5. The monoisotopic (exact) mass is 439 g/mol. The third kappa shape index (κ3) is 6.57. The van der Waals surface area contributed by atoms with E-state index in [9.17, 15) is 4.79 Å². The number of nitrogens with one attached hydrogen (secondary N) is 1. The normalized spacial score (nSPS) is 12.2. The van der Waals surface area contributed by atoms with E-state index >= 15 is 0 Å². The molecule has 4 nitrogen and oxygen atoms in total. The average molecular weight is 440 g/mol. The zero-order chi connectivity index (χ0) is 22.1. The number of rotatable bonds is 12. The van der Waals surface area contributed by atoms with Gasteiger partial charge in [0, 0.05) is 17.1 Å². The summed E-state index contributed by atoms with van der Waals surface area (Å²) in [6.07, 6.45) is 10.3. The molecule has 1 unspecified atom stereocenters. The first-order chi connectivity index (χ1) is 15.1. The van der Waals surface area contributed by atoms with Crippen LogP contribution in [0.2, 0.25) is 5.02 Å². The van der Waals surface area contributed by atoms with Gasteiger partial charge in [-0.2, -0.15) is 0 Å². The maximum Gasteiger partial charge on any atom is 0.251 e. The lowest BCUT2D eigenvalue weighted by Gasteiger charge is -2.16. The van der Waals surface area contributed by atoms with E-state index in [2.05, 4.69) is 28.9 Å². The van der Waals surface area contributed by atoms with Gasteiger partial charge in [-0.25, -0.2) is 4.98 Å². The number of hydrogen-bond donors (Lipinski definition) is 1. The Morgan fingerprint density at radius 3 is 2.32 bits per heavy atom. The van der Waals surface area contributed by atoms with Gasteiger partial charge in [-0.1, -0.05) is 75.6 Å². The predicted molar refractivity (Wildman–Crippen MR) is 130 cm³/mol. The van der Waals surface area contributed by atoms with Gasteiger partial charge in [0.1, 0.15) is 5.82 Å². The third-order valence-electron chi connectivity index (χ3n) is 5.76. The van der Waals surface area contributed by atoms with Gasteiger partial charge in [0.25, 0.3) is 5.91 Å². The molecule has 5 heteroatoms. The summed E-state index contributed by atoms with van der Waals surface area (Å²) in [4.78, 5) is 17.5. The summed E-state index contributed by atoms with van der Waals surface area (Å²) in [6, 6.07) is 15.0. The number of carbonyl (C=O) groups is 1. The molecule has 0 fully saturated rings. The Morgan fingerprint density at radius 2 is 1.61 bits per heavy atom. The number of fused-ring (bicyclic) bond motifs is 1. The summed E-state index contributed by atoms with van der Waals surface area (Å²) in [5, 5.41) is 3.72. The first kappa shape index (κ1) is 23.3. The van der Waals surface area contributed by atoms with Crippen molar-refractivity contribution in [1.82, 2.24) is 14.9 Å². The molecule has 2 aromatic carbocycles. The SMILES string of the molecule is CCCCCCCCCCn1c(C(C)NC(=O)c2ccc(Cl)cc2)nc2ccccc21. The minimum Gasteiger partial charge on any atom is -0.342 e. The van der Waals surface area contributed by atoms with Crippen molar-refractivity contribution in [2.45, 2.75) is 77.8 Å². The second kappa shape index (κ2) is 11.9. The van der Waals surface area contributed by atoms with E-state index in [4.69, 9.17) is 16.6 Å². The van der Waals surface area contributed by atoms with Crippen LogP contribution in [0.1, 0.15) is 87.4 Å². The fourth-order valence-electron chi connectivity index (χ4n) is 4.01. The number of unbranched alkanes of at least 4 members (excludes halogenated alkanes) is 7. The van der Waals surface area contributed by atoms with E-state index < -0.39 is 0 Å². The average Bonchev–Trinajstić information content (AvgIpc) is 3.15. The molecule has 31 heavy (non-hydrogen) atoms. The van der Waals surface area contributed by atoms with Crippen LogP contribution in [0.25, 0.3) is 11.0 Å². The van der Waals surface area contributed by atoms with Crippen molar-refractivity contribution in [2.24, 2.45) is 0 Å². The molecule has 0 aliphatic carbocycles. The highest BCUT2D eigenvalue weighted by atomic mass is 35.5. The van der Waals surface area contributed by atoms with E-state index in [0.717, 1.165) is 29.8 Å². The van der Waals surface area contributed by atoms with E-state index in [0.29, 0.717) is 10.6 Å². The lowest BCUT2D eigenvalue weighted by Crippen LogP contribution is -2.28. The molecule has 1 aromatic heterocycles. The van der Waals surface area contributed by atoms with Crippen molar-refractivity contribution >= 4 is 28.5 Å². The van der Waals surface area contributed by atoms with Crippen molar-refractivity contribution in [3.63, 3.8) is 0 Å². The Kier molecular flexibility index (Phi) is 8.96. The van der Waals surface area contributed by atoms with Gasteiger partial charge in [0.05, 0.1) is 17.1 Å². The molecule has 1 atom stereocenters. The van der Waals surface area contributed by atoms with Gasteiger partial charge < -0.3 is 9.88 Å². The Bertz CT molecular complexity index is 964. The van der Waals surface area contributed by atoms with Gasteiger partial charge in [-0.3, -0.25) is 4.79 Å². The fourth-order valence-corrected chi connectivity index (χ4v) is 4.14. The predicted octanol–water partition coefficient (Wildman–Crippen LogP) is 7.32. The van der Waals surface area contributed by atoms with Crippen LogP contribution in [0.4, 0.5) is 0 Å². The lowest BCUT2D eigenvalue weighted by atomic mass is 10.1. The van der Waals surface area contributed by atoms with Gasteiger partial charge in [0.15, 0.2) is 0 Å². The maximum atomic E-state index is 12.7. The molecule has 0 bridgehead atoms. The molecule has 3 rings (SSSR count). The van der Waals surface area contributed by atoms with Crippen LogP contribution in [0.15, 0.2) is 48.5 Å². The highest BCUT2D eigenvalue weighted by Gasteiger charge is 2.19. The smallest absolute Gasteiger partial charge is 0.251 e. The molecule has 1 heterocycles. The lowest BCUT2D eigenvalue weighted by molar-refractivity contribution is 0.0937. The molecule has 0 aliphatic heterocycles. The van der Waals surface area contributed by atoms with E-state index in [1.807, 2.05) is 19.1 Å². The standard InChI is InChI=1S/C26H34ClN3O/c1-3-4-5-6-7-8-9-12-19-30-24-14-11-10-13-23(24)29-25(30)20(2)28-26(31)21-15-17-22(27)18-16-21/h10-11,13-18,20H,3-9,12,19H2,1-2H3,(H,28,31). The molecule has 1 N–H and O–H groups in total. The number of nitrogens with zero attached hydrogens (tertiary/aromatic N) is 2. The largest absolute Gasteiger partial charge is 0.342 e. The number of aromatic nitrogens is 2. The summed E-state index contributed by atoms with van der Waals surface area (Å²) in [5.41, 5.74) is 2.71. The van der Waals surface area contributed by atoms with Crippen LogP contribution in [-0.2, 0) is 6.54 Å². The summed E-state index contributed by atoms with van der Waals surface area (Å²) in [7, 11) is 0. The molecule has 0 spiro atoms. The Balaban J connectivity index is 1.64. The number of para-hydroxylation sites is 2. The molecule has 0 radical (unpaired) electrons. The summed E-state index contributed by atoms with van der Waals surface area (Å²) < 4.78 is 2.28. The van der Waals surface area contributed by atoms with Crippen LogP contribution < -0.4 is 5.32 Å². The quantitative estimate of drug-likeness (QED) is 0.300. The van der Waals surface area contributed by atoms with E-state index in [-0.39, 0.29) is 11.9 Å².